The van der Waals surface area contributed by atoms with Crippen molar-refractivity contribution in [2.75, 3.05) is 6.26 Å². The van der Waals surface area contributed by atoms with Gasteiger partial charge in [-0.05, 0) is 36.8 Å². The van der Waals surface area contributed by atoms with Crippen LogP contribution in [0.5, 0.6) is 11.5 Å². The number of carbonyl (C=O) groups is 1. The van der Waals surface area contributed by atoms with Crippen LogP contribution in [0.25, 0.3) is 0 Å². The third-order valence-corrected chi connectivity index (χ3v) is 4.04. The molecular weight excluding hydrogens is 292 g/mol. The molecule has 0 spiro atoms. The third kappa shape index (κ3) is 3.41. The van der Waals surface area contributed by atoms with E-state index in [1.54, 1.807) is 25.1 Å². The molecule has 2 aromatic carbocycles. The molecule has 1 N–H and O–H groups in total. The van der Waals surface area contributed by atoms with Gasteiger partial charge in [-0.25, -0.2) is 13.2 Å². The zero-order valence-corrected chi connectivity index (χ0v) is 12.3. The molecule has 0 amide bonds. The van der Waals surface area contributed by atoms with E-state index in [9.17, 15) is 13.2 Å². The highest BCUT2D eigenvalue weighted by molar-refractivity contribution is 7.90. The van der Waals surface area contributed by atoms with Crippen LogP contribution in [0.1, 0.15) is 15.9 Å². The summed E-state index contributed by atoms with van der Waals surface area (Å²) in [5, 5.41) is 9.00. The van der Waals surface area contributed by atoms with Crippen LogP contribution >= 0.6 is 0 Å². The molecule has 0 aliphatic carbocycles. The summed E-state index contributed by atoms with van der Waals surface area (Å²) in [6.07, 6.45) is 1.09. The molecule has 0 saturated carbocycles. The Kier molecular flexibility index (Phi) is 3.99. The molecule has 5 nitrogen and oxygen atoms in total. The smallest absolute Gasteiger partial charge is 0.335 e. The van der Waals surface area contributed by atoms with Gasteiger partial charge in [0, 0.05) is 6.26 Å². The molecule has 0 aromatic heterocycles. The SMILES string of the molecule is Cc1ccc(C(=O)O)cc1Oc1ccccc1S(C)(=O)=O. The van der Waals surface area contributed by atoms with Gasteiger partial charge < -0.3 is 9.84 Å². The maximum atomic E-state index is 11.7. The van der Waals surface area contributed by atoms with Crippen LogP contribution in [0, 0.1) is 6.92 Å². The molecule has 0 aliphatic rings. The monoisotopic (exact) mass is 306 g/mol. The normalized spacial score (nSPS) is 11.1. The van der Waals surface area contributed by atoms with Crippen molar-refractivity contribution in [2.24, 2.45) is 0 Å². The first kappa shape index (κ1) is 15.1. The average Bonchev–Trinajstić information content (AvgIpc) is 2.40. The van der Waals surface area contributed by atoms with E-state index in [-0.39, 0.29) is 16.2 Å². The summed E-state index contributed by atoms with van der Waals surface area (Å²) < 4.78 is 29.1. The minimum absolute atomic E-state index is 0.0603. The maximum Gasteiger partial charge on any atom is 0.335 e. The Morgan fingerprint density at radius 1 is 1.10 bits per heavy atom. The number of aromatic carboxylic acids is 1. The Labute approximate surface area is 122 Å². The van der Waals surface area contributed by atoms with Gasteiger partial charge in [0.2, 0.25) is 0 Å². The van der Waals surface area contributed by atoms with E-state index < -0.39 is 15.8 Å². The number of rotatable bonds is 4. The summed E-state index contributed by atoms with van der Waals surface area (Å²) in [5.41, 5.74) is 0.788. The Morgan fingerprint density at radius 3 is 2.38 bits per heavy atom. The highest BCUT2D eigenvalue weighted by atomic mass is 32.2. The van der Waals surface area contributed by atoms with Gasteiger partial charge in [0.15, 0.2) is 9.84 Å². The summed E-state index contributed by atoms with van der Waals surface area (Å²) >= 11 is 0. The van der Waals surface area contributed by atoms with E-state index in [2.05, 4.69) is 0 Å². The fourth-order valence-electron chi connectivity index (χ4n) is 1.80. The molecule has 0 heterocycles. The number of sulfone groups is 1. The zero-order valence-electron chi connectivity index (χ0n) is 11.5. The molecule has 0 radical (unpaired) electrons. The second kappa shape index (κ2) is 5.57. The van der Waals surface area contributed by atoms with Crippen LogP contribution in [0.15, 0.2) is 47.4 Å². The summed E-state index contributed by atoms with van der Waals surface area (Å²) in [6.45, 7) is 1.75. The van der Waals surface area contributed by atoms with Gasteiger partial charge >= 0.3 is 5.97 Å². The Bertz CT molecular complexity index is 793. The van der Waals surface area contributed by atoms with Crippen LogP contribution in [-0.4, -0.2) is 25.7 Å². The molecule has 6 heteroatoms. The van der Waals surface area contributed by atoms with Crippen molar-refractivity contribution in [1.82, 2.24) is 0 Å². The van der Waals surface area contributed by atoms with Crippen molar-refractivity contribution in [3.63, 3.8) is 0 Å². The number of hydrogen-bond donors (Lipinski definition) is 1. The lowest BCUT2D eigenvalue weighted by atomic mass is 10.1. The van der Waals surface area contributed by atoms with Crippen molar-refractivity contribution in [3.05, 3.63) is 53.6 Å². The summed E-state index contributed by atoms with van der Waals surface area (Å²) in [7, 11) is -3.43. The number of carboxylic acids is 1. The highest BCUT2D eigenvalue weighted by Gasteiger charge is 2.16. The van der Waals surface area contributed by atoms with E-state index >= 15 is 0 Å². The lowest BCUT2D eigenvalue weighted by molar-refractivity contribution is 0.0696. The predicted octanol–water partition coefficient (Wildman–Crippen LogP) is 2.89. The second-order valence-electron chi connectivity index (χ2n) is 4.61. The van der Waals surface area contributed by atoms with Gasteiger partial charge in [0.25, 0.3) is 0 Å². The lowest BCUT2D eigenvalue weighted by Gasteiger charge is -2.12. The minimum Gasteiger partial charge on any atom is -0.478 e. The molecule has 0 atom stereocenters. The van der Waals surface area contributed by atoms with Crippen LogP contribution in [0.2, 0.25) is 0 Å². The molecular formula is C15H14O5S. The van der Waals surface area contributed by atoms with Gasteiger partial charge in [0.05, 0.1) is 5.56 Å². The fraction of sp³-hybridized carbons (Fsp3) is 0.133. The quantitative estimate of drug-likeness (QED) is 0.939. The highest BCUT2D eigenvalue weighted by Crippen LogP contribution is 2.31. The van der Waals surface area contributed by atoms with Crippen LogP contribution in [0.4, 0.5) is 0 Å². The number of hydrogen-bond acceptors (Lipinski definition) is 4. The van der Waals surface area contributed by atoms with Crippen LogP contribution in [0.3, 0.4) is 0 Å². The maximum absolute atomic E-state index is 11.7. The first-order valence-electron chi connectivity index (χ1n) is 6.10. The molecule has 21 heavy (non-hydrogen) atoms. The van der Waals surface area contributed by atoms with Crippen molar-refractivity contribution >= 4 is 15.8 Å². The molecule has 2 rings (SSSR count). The molecule has 0 fully saturated rings. The van der Waals surface area contributed by atoms with E-state index in [1.807, 2.05) is 0 Å². The standard InChI is InChI=1S/C15H14O5S/c1-10-7-8-11(15(16)17)9-13(10)20-12-5-3-4-6-14(12)21(2,18)19/h3-9H,1-2H3,(H,16,17). The molecule has 2 aromatic rings. The predicted molar refractivity (Wildman–Crippen MR) is 77.8 cm³/mol. The average molecular weight is 306 g/mol. The fourth-order valence-corrected chi connectivity index (χ4v) is 2.60. The summed E-state index contributed by atoms with van der Waals surface area (Å²) in [4.78, 5) is 11.1. The van der Waals surface area contributed by atoms with Gasteiger partial charge in [-0.2, -0.15) is 0 Å². The van der Waals surface area contributed by atoms with Crippen molar-refractivity contribution < 1.29 is 23.1 Å². The van der Waals surface area contributed by atoms with Crippen LogP contribution in [-0.2, 0) is 9.84 Å². The minimum atomic E-state index is -3.43. The van der Waals surface area contributed by atoms with Crippen molar-refractivity contribution in [3.8, 4) is 11.5 Å². The number of carboxylic acid groups (broad SMARTS) is 1. The number of aryl methyl sites for hydroxylation is 1. The Balaban J connectivity index is 2.49. The third-order valence-electron chi connectivity index (χ3n) is 2.90. The number of benzene rings is 2. The Hall–Kier alpha value is -2.34. The number of para-hydroxylation sites is 1. The first-order valence-corrected chi connectivity index (χ1v) is 7.99. The van der Waals surface area contributed by atoms with E-state index in [0.717, 1.165) is 6.26 Å². The van der Waals surface area contributed by atoms with Crippen LogP contribution < -0.4 is 4.74 Å². The Morgan fingerprint density at radius 2 is 1.76 bits per heavy atom. The summed E-state index contributed by atoms with van der Waals surface area (Å²) in [6, 6.07) is 10.7. The first-order chi connectivity index (χ1) is 9.79. The van der Waals surface area contributed by atoms with E-state index in [0.29, 0.717) is 11.3 Å². The van der Waals surface area contributed by atoms with E-state index in [1.165, 1.54) is 24.3 Å². The molecule has 0 bridgehead atoms. The van der Waals surface area contributed by atoms with Crippen molar-refractivity contribution in [2.45, 2.75) is 11.8 Å². The van der Waals surface area contributed by atoms with Gasteiger partial charge in [-0.3, -0.25) is 0 Å². The lowest BCUT2D eigenvalue weighted by Crippen LogP contribution is -2.02. The largest absolute Gasteiger partial charge is 0.478 e. The molecule has 110 valence electrons. The van der Waals surface area contributed by atoms with E-state index in [4.69, 9.17) is 9.84 Å². The topological polar surface area (TPSA) is 80.7 Å². The number of ether oxygens (including phenoxy) is 1. The van der Waals surface area contributed by atoms with Gasteiger partial charge in [0.1, 0.15) is 16.4 Å². The summed E-state index contributed by atoms with van der Waals surface area (Å²) in [5.74, 6) is -0.590. The van der Waals surface area contributed by atoms with Gasteiger partial charge in [-0.15, -0.1) is 0 Å². The second-order valence-corrected chi connectivity index (χ2v) is 6.59. The molecule has 0 unspecified atom stereocenters. The van der Waals surface area contributed by atoms with Crippen molar-refractivity contribution in [1.29, 1.82) is 0 Å². The zero-order chi connectivity index (χ0) is 15.6. The molecule has 0 saturated heterocycles. The molecule has 0 aliphatic heterocycles. The van der Waals surface area contributed by atoms with Gasteiger partial charge in [-0.1, -0.05) is 18.2 Å².